The number of piperidine rings is 1. The van der Waals surface area contributed by atoms with E-state index in [4.69, 9.17) is 4.98 Å². The maximum atomic E-state index is 14.2. The highest BCUT2D eigenvalue weighted by Crippen LogP contribution is 2.36. The van der Waals surface area contributed by atoms with Crippen molar-refractivity contribution in [3.05, 3.63) is 74.3 Å². The molecule has 2 heterocycles. The zero-order valence-electron chi connectivity index (χ0n) is 19.2. The van der Waals surface area contributed by atoms with E-state index in [1.807, 2.05) is 12.1 Å². The number of hydrogen-bond acceptors (Lipinski definition) is 4. The van der Waals surface area contributed by atoms with Gasteiger partial charge in [-0.15, -0.1) is 11.3 Å². The van der Waals surface area contributed by atoms with Gasteiger partial charge in [-0.3, -0.25) is 9.59 Å². The number of aryl methyl sites for hydroxylation is 1. The van der Waals surface area contributed by atoms with Gasteiger partial charge in [-0.2, -0.15) is 0 Å². The molecule has 178 valence electrons. The third-order valence-corrected chi connectivity index (χ3v) is 7.81. The molecule has 2 amide bonds. The van der Waals surface area contributed by atoms with E-state index in [0.717, 1.165) is 33.6 Å². The number of likely N-dealkylation sites (tertiary alicyclic amines) is 1. The highest BCUT2D eigenvalue weighted by atomic mass is 79.9. The summed E-state index contributed by atoms with van der Waals surface area (Å²) in [5, 5.41) is 3.82. The third-order valence-electron chi connectivity index (χ3n) is 6.14. The molecule has 0 radical (unpaired) electrons. The Morgan fingerprint density at radius 1 is 1.18 bits per heavy atom. The lowest BCUT2D eigenvalue weighted by Crippen LogP contribution is -2.51. The van der Waals surface area contributed by atoms with Crippen LogP contribution < -0.4 is 5.32 Å². The van der Waals surface area contributed by atoms with Crippen molar-refractivity contribution < 1.29 is 14.0 Å². The zero-order valence-corrected chi connectivity index (χ0v) is 21.6. The molecule has 2 aromatic carbocycles. The molecule has 3 aromatic rings. The van der Waals surface area contributed by atoms with Crippen LogP contribution >= 0.6 is 27.3 Å². The van der Waals surface area contributed by atoms with Crippen LogP contribution in [0.1, 0.15) is 41.1 Å². The van der Waals surface area contributed by atoms with Gasteiger partial charge in [0.05, 0.1) is 10.7 Å². The molecule has 0 bridgehead atoms. The highest BCUT2D eigenvalue weighted by molar-refractivity contribution is 9.10. The molecule has 0 aliphatic carbocycles. The van der Waals surface area contributed by atoms with Gasteiger partial charge in [-0.25, -0.2) is 9.37 Å². The summed E-state index contributed by atoms with van der Waals surface area (Å²) in [4.78, 5) is 32.9. The predicted molar refractivity (Wildman–Crippen MR) is 136 cm³/mol. The summed E-state index contributed by atoms with van der Waals surface area (Å²) in [6.07, 6.45) is 1.75. The van der Waals surface area contributed by atoms with Gasteiger partial charge in [0.25, 0.3) is 0 Å². The van der Waals surface area contributed by atoms with Crippen LogP contribution in [0.2, 0.25) is 0 Å². The van der Waals surface area contributed by atoms with E-state index in [9.17, 15) is 14.0 Å². The first-order valence-corrected chi connectivity index (χ1v) is 13.0. The first-order chi connectivity index (χ1) is 16.3. The average molecular weight is 544 g/mol. The number of nitrogens with zero attached hydrogens (tertiary/aromatic N) is 2. The van der Waals surface area contributed by atoms with E-state index in [1.165, 1.54) is 17.9 Å². The average Bonchev–Trinajstić information content (AvgIpc) is 3.21. The Morgan fingerprint density at radius 2 is 1.85 bits per heavy atom. The van der Waals surface area contributed by atoms with Gasteiger partial charge < -0.3 is 10.2 Å². The maximum absolute atomic E-state index is 14.2. The number of amides is 2. The molecule has 4 rings (SSSR count). The highest BCUT2D eigenvalue weighted by Gasteiger charge is 2.31. The number of nitrogens with one attached hydrogen (secondary N) is 1. The summed E-state index contributed by atoms with van der Waals surface area (Å²) in [6.45, 7) is 4.64. The number of thiazole rings is 1. The lowest BCUT2D eigenvalue weighted by molar-refractivity contribution is -0.137. The quantitative estimate of drug-likeness (QED) is 0.448. The first-order valence-electron chi connectivity index (χ1n) is 11.3. The molecular formula is C26H27BrFN3O2S. The van der Waals surface area contributed by atoms with Gasteiger partial charge in [0.1, 0.15) is 11.9 Å². The van der Waals surface area contributed by atoms with Crippen LogP contribution in [0.4, 0.5) is 4.39 Å². The fraction of sp³-hybridized carbons (Fsp3) is 0.346. The van der Waals surface area contributed by atoms with Crippen molar-refractivity contribution in [2.45, 2.75) is 45.1 Å². The molecular weight excluding hydrogens is 517 g/mol. The summed E-state index contributed by atoms with van der Waals surface area (Å²) in [6, 6.07) is 13.8. The number of carbonyl (C=O) groups excluding carboxylic acids is 2. The van der Waals surface area contributed by atoms with Crippen LogP contribution in [0.15, 0.2) is 53.0 Å². The van der Waals surface area contributed by atoms with E-state index in [0.29, 0.717) is 24.6 Å². The van der Waals surface area contributed by atoms with Gasteiger partial charge in [-0.05, 0) is 43.5 Å². The zero-order chi connectivity index (χ0) is 24.2. The number of carbonyl (C=O) groups is 2. The minimum absolute atomic E-state index is 0.132. The minimum atomic E-state index is -0.780. The number of hydrogen-bond donors (Lipinski definition) is 1. The molecule has 34 heavy (non-hydrogen) atoms. The molecule has 1 fully saturated rings. The van der Waals surface area contributed by atoms with Crippen LogP contribution in [-0.4, -0.2) is 40.8 Å². The Hall–Kier alpha value is -2.58. The standard InChI is InChI=1S/C26H27BrFN3O2S/c1-16-24(18-7-9-21(27)10-8-18)30-25(34-16)19-11-13-31(14-12-19)26(33)23(29-17(2)32)15-20-5-3-4-6-22(20)28/h3-10,19,23H,11-15H2,1-2H3,(H,29,32). The van der Waals surface area contributed by atoms with E-state index in [-0.39, 0.29) is 24.1 Å². The topological polar surface area (TPSA) is 62.3 Å². The number of rotatable bonds is 6. The molecule has 1 atom stereocenters. The van der Waals surface area contributed by atoms with Crippen molar-refractivity contribution in [1.82, 2.24) is 15.2 Å². The fourth-order valence-corrected chi connectivity index (χ4v) is 5.74. The molecule has 1 aromatic heterocycles. The predicted octanol–water partition coefficient (Wildman–Crippen LogP) is 5.47. The molecule has 1 saturated heterocycles. The second kappa shape index (κ2) is 10.8. The number of benzene rings is 2. The molecule has 8 heteroatoms. The van der Waals surface area contributed by atoms with Crippen molar-refractivity contribution in [3.63, 3.8) is 0 Å². The van der Waals surface area contributed by atoms with Crippen molar-refractivity contribution >= 4 is 39.1 Å². The fourth-order valence-electron chi connectivity index (χ4n) is 4.36. The second-order valence-corrected chi connectivity index (χ2v) is 10.8. The van der Waals surface area contributed by atoms with E-state index in [2.05, 4.69) is 40.3 Å². The van der Waals surface area contributed by atoms with Gasteiger partial charge in [-0.1, -0.05) is 46.3 Å². The molecule has 0 spiro atoms. The van der Waals surface area contributed by atoms with Gasteiger partial charge in [0.2, 0.25) is 11.8 Å². The third kappa shape index (κ3) is 5.73. The molecule has 5 nitrogen and oxygen atoms in total. The van der Waals surface area contributed by atoms with Gasteiger partial charge >= 0.3 is 0 Å². The van der Waals surface area contributed by atoms with Crippen molar-refractivity contribution in [2.24, 2.45) is 0 Å². The number of halogens is 2. The molecule has 1 unspecified atom stereocenters. The molecule has 1 aliphatic heterocycles. The van der Waals surface area contributed by atoms with Crippen molar-refractivity contribution in [1.29, 1.82) is 0 Å². The SMILES string of the molecule is CC(=O)NC(Cc1ccccc1F)C(=O)N1CCC(c2nc(-c3ccc(Br)cc3)c(C)s2)CC1. The maximum Gasteiger partial charge on any atom is 0.245 e. The summed E-state index contributed by atoms with van der Waals surface area (Å²) < 4.78 is 15.2. The Bertz CT molecular complexity index is 1170. The molecule has 0 saturated carbocycles. The summed E-state index contributed by atoms with van der Waals surface area (Å²) in [5.41, 5.74) is 2.53. The lowest BCUT2D eigenvalue weighted by atomic mass is 9.96. The Labute approximate surface area is 211 Å². The monoisotopic (exact) mass is 543 g/mol. The normalized spacial score (nSPS) is 15.2. The second-order valence-electron chi connectivity index (χ2n) is 8.61. The van der Waals surface area contributed by atoms with Crippen molar-refractivity contribution in [2.75, 3.05) is 13.1 Å². The van der Waals surface area contributed by atoms with Gasteiger partial charge in [0.15, 0.2) is 0 Å². The summed E-state index contributed by atoms with van der Waals surface area (Å²) in [7, 11) is 0. The van der Waals surface area contributed by atoms with Crippen LogP contribution in [0.5, 0.6) is 0 Å². The van der Waals surface area contributed by atoms with Crippen molar-refractivity contribution in [3.8, 4) is 11.3 Å². The molecule has 1 aliphatic rings. The largest absolute Gasteiger partial charge is 0.344 e. The summed E-state index contributed by atoms with van der Waals surface area (Å²) in [5.74, 6) is -0.543. The Kier molecular flexibility index (Phi) is 7.78. The first kappa shape index (κ1) is 24.5. The number of aromatic nitrogens is 1. The van der Waals surface area contributed by atoms with Crippen LogP contribution in [0, 0.1) is 12.7 Å². The van der Waals surface area contributed by atoms with E-state index in [1.54, 1.807) is 34.4 Å². The molecule has 1 N–H and O–H groups in total. The van der Waals surface area contributed by atoms with Gasteiger partial charge in [0, 0.05) is 47.3 Å². The van der Waals surface area contributed by atoms with E-state index >= 15 is 0 Å². The Balaban J connectivity index is 1.42. The smallest absolute Gasteiger partial charge is 0.245 e. The summed E-state index contributed by atoms with van der Waals surface area (Å²) >= 11 is 5.20. The van der Waals surface area contributed by atoms with Crippen LogP contribution in [0.3, 0.4) is 0 Å². The Morgan fingerprint density at radius 3 is 2.50 bits per heavy atom. The van der Waals surface area contributed by atoms with Crippen LogP contribution in [0.25, 0.3) is 11.3 Å². The van der Waals surface area contributed by atoms with Crippen LogP contribution in [-0.2, 0) is 16.0 Å². The minimum Gasteiger partial charge on any atom is -0.344 e. The lowest BCUT2D eigenvalue weighted by Gasteiger charge is -2.33. The van der Waals surface area contributed by atoms with E-state index < -0.39 is 6.04 Å².